The molecular formula is C12H16BrNO3. The van der Waals surface area contributed by atoms with E-state index < -0.39 is 5.97 Å². The average molecular weight is 302 g/mol. The first-order valence-corrected chi connectivity index (χ1v) is 6.09. The van der Waals surface area contributed by atoms with Gasteiger partial charge in [-0.05, 0) is 41.9 Å². The van der Waals surface area contributed by atoms with Crippen LogP contribution >= 0.6 is 15.9 Å². The monoisotopic (exact) mass is 301 g/mol. The Kier molecular flexibility index (Phi) is 5.08. The Morgan fingerprint density at radius 2 is 2.18 bits per heavy atom. The molecule has 0 radical (unpaired) electrons. The van der Waals surface area contributed by atoms with E-state index in [9.17, 15) is 4.79 Å². The minimum absolute atomic E-state index is 0.287. The van der Waals surface area contributed by atoms with Gasteiger partial charge in [-0.1, -0.05) is 6.07 Å². The summed E-state index contributed by atoms with van der Waals surface area (Å²) in [5, 5.41) is 0. The largest absolute Gasteiger partial charge is 0.461 e. The quantitative estimate of drug-likeness (QED) is 0.620. The summed E-state index contributed by atoms with van der Waals surface area (Å²) in [6, 6.07) is 5.12. The molecule has 0 aliphatic rings. The van der Waals surface area contributed by atoms with Gasteiger partial charge in [-0.2, -0.15) is 0 Å². The molecule has 5 heteroatoms. The summed E-state index contributed by atoms with van der Waals surface area (Å²) in [6.45, 7) is 4.20. The molecule has 0 saturated carbocycles. The zero-order chi connectivity index (χ0) is 12.9. The fourth-order valence-corrected chi connectivity index (χ4v) is 1.43. The number of pyridine rings is 1. The average Bonchev–Trinajstić information content (AvgIpc) is 2.28. The molecule has 0 saturated heterocycles. The molecule has 4 nitrogen and oxygen atoms in total. The van der Waals surface area contributed by atoms with Crippen molar-refractivity contribution in [1.29, 1.82) is 0 Å². The highest BCUT2D eigenvalue weighted by molar-refractivity contribution is 9.10. The molecular weight excluding hydrogens is 286 g/mol. The Morgan fingerprint density at radius 1 is 1.47 bits per heavy atom. The van der Waals surface area contributed by atoms with E-state index in [0.29, 0.717) is 23.3 Å². The smallest absolute Gasteiger partial charge is 0.356 e. The Balaban J connectivity index is 2.46. The molecule has 0 spiro atoms. The Morgan fingerprint density at radius 3 is 2.76 bits per heavy atom. The van der Waals surface area contributed by atoms with Gasteiger partial charge in [0.05, 0.1) is 12.2 Å². The van der Waals surface area contributed by atoms with E-state index in [1.54, 1.807) is 25.3 Å². The van der Waals surface area contributed by atoms with Gasteiger partial charge in [0.15, 0.2) is 0 Å². The highest BCUT2D eigenvalue weighted by Gasteiger charge is 2.17. The summed E-state index contributed by atoms with van der Waals surface area (Å²) < 4.78 is 11.0. The van der Waals surface area contributed by atoms with Crippen LogP contribution in [-0.4, -0.2) is 30.3 Å². The van der Waals surface area contributed by atoms with Crippen molar-refractivity contribution in [2.75, 3.05) is 13.7 Å². The standard InChI is InChI=1S/C12H16BrNO3/c1-12(2,16-3)7-8-17-11(15)9-5-4-6-10(13)14-9/h4-6H,7-8H2,1-3H3. The van der Waals surface area contributed by atoms with Crippen LogP contribution in [0.3, 0.4) is 0 Å². The molecule has 1 rings (SSSR count). The zero-order valence-corrected chi connectivity index (χ0v) is 11.8. The SMILES string of the molecule is COC(C)(C)CCOC(=O)c1cccc(Br)n1. The minimum Gasteiger partial charge on any atom is -0.461 e. The van der Waals surface area contributed by atoms with Crippen molar-refractivity contribution in [3.05, 3.63) is 28.5 Å². The number of ether oxygens (including phenoxy) is 2. The van der Waals surface area contributed by atoms with Gasteiger partial charge in [-0.15, -0.1) is 0 Å². The van der Waals surface area contributed by atoms with Crippen molar-refractivity contribution >= 4 is 21.9 Å². The maximum absolute atomic E-state index is 11.6. The van der Waals surface area contributed by atoms with Gasteiger partial charge in [0.2, 0.25) is 0 Å². The van der Waals surface area contributed by atoms with Gasteiger partial charge in [0.25, 0.3) is 0 Å². The molecule has 1 aromatic rings. The first-order chi connectivity index (χ1) is 7.94. The summed E-state index contributed by atoms with van der Waals surface area (Å²) in [5.41, 5.74) is 0.0138. The van der Waals surface area contributed by atoms with E-state index >= 15 is 0 Å². The Hall–Kier alpha value is -0.940. The number of hydrogen-bond donors (Lipinski definition) is 0. The van der Waals surface area contributed by atoms with Crippen molar-refractivity contribution in [3.63, 3.8) is 0 Å². The van der Waals surface area contributed by atoms with Gasteiger partial charge in [-0.3, -0.25) is 0 Å². The van der Waals surface area contributed by atoms with Crippen LogP contribution < -0.4 is 0 Å². The van der Waals surface area contributed by atoms with Gasteiger partial charge in [-0.25, -0.2) is 9.78 Å². The third kappa shape index (κ3) is 4.83. The summed E-state index contributed by atoms with van der Waals surface area (Å²) in [5.74, 6) is -0.418. The van der Waals surface area contributed by atoms with Crippen LogP contribution in [0.4, 0.5) is 0 Å². The molecule has 17 heavy (non-hydrogen) atoms. The van der Waals surface area contributed by atoms with Crippen LogP contribution in [0.15, 0.2) is 22.8 Å². The molecule has 0 fully saturated rings. The topological polar surface area (TPSA) is 48.4 Å². The van der Waals surface area contributed by atoms with E-state index in [0.717, 1.165) is 0 Å². The molecule has 0 aliphatic heterocycles. The first-order valence-electron chi connectivity index (χ1n) is 5.29. The highest BCUT2D eigenvalue weighted by Crippen LogP contribution is 2.13. The molecule has 1 aromatic heterocycles. The number of esters is 1. The zero-order valence-electron chi connectivity index (χ0n) is 10.2. The van der Waals surface area contributed by atoms with E-state index in [1.165, 1.54) is 0 Å². The third-order valence-corrected chi connectivity index (χ3v) is 2.86. The van der Waals surface area contributed by atoms with Crippen molar-refractivity contribution in [1.82, 2.24) is 4.98 Å². The number of methoxy groups -OCH3 is 1. The van der Waals surface area contributed by atoms with Gasteiger partial charge in [0, 0.05) is 13.5 Å². The molecule has 0 bridgehead atoms. The highest BCUT2D eigenvalue weighted by atomic mass is 79.9. The first kappa shape index (κ1) is 14.1. The van der Waals surface area contributed by atoms with E-state index in [-0.39, 0.29) is 5.60 Å². The molecule has 1 heterocycles. The van der Waals surface area contributed by atoms with Crippen LogP contribution in [0.1, 0.15) is 30.8 Å². The van der Waals surface area contributed by atoms with Crippen LogP contribution in [0.2, 0.25) is 0 Å². The third-order valence-electron chi connectivity index (χ3n) is 2.41. The lowest BCUT2D eigenvalue weighted by Gasteiger charge is -2.22. The van der Waals surface area contributed by atoms with E-state index in [2.05, 4.69) is 20.9 Å². The summed E-state index contributed by atoms with van der Waals surface area (Å²) in [6.07, 6.45) is 0.642. The van der Waals surface area contributed by atoms with Crippen LogP contribution in [0.25, 0.3) is 0 Å². The van der Waals surface area contributed by atoms with Crippen LogP contribution in [-0.2, 0) is 9.47 Å². The van der Waals surface area contributed by atoms with Crippen LogP contribution in [0.5, 0.6) is 0 Å². The lowest BCUT2D eigenvalue weighted by molar-refractivity contribution is -0.00581. The second-order valence-corrected chi connectivity index (χ2v) is 5.01. The lowest BCUT2D eigenvalue weighted by Crippen LogP contribution is -2.25. The lowest BCUT2D eigenvalue weighted by atomic mass is 10.1. The maximum atomic E-state index is 11.6. The summed E-state index contributed by atoms with van der Waals surface area (Å²) in [4.78, 5) is 15.6. The Bertz CT molecular complexity index is 393. The second-order valence-electron chi connectivity index (χ2n) is 4.20. The predicted octanol–water partition coefficient (Wildman–Crippen LogP) is 2.82. The van der Waals surface area contributed by atoms with Crippen molar-refractivity contribution in [2.24, 2.45) is 0 Å². The molecule has 0 atom stereocenters. The summed E-state index contributed by atoms with van der Waals surface area (Å²) >= 11 is 3.20. The molecule has 0 aromatic carbocycles. The minimum atomic E-state index is -0.418. The van der Waals surface area contributed by atoms with Gasteiger partial charge < -0.3 is 9.47 Å². The van der Waals surface area contributed by atoms with Crippen molar-refractivity contribution < 1.29 is 14.3 Å². The Labute approximate surface area is 109 Å². The predicted molar refractivity (Wildman–Crippen MR) is 67.9 cm³/mol. The number of nitrogens with zero attached hydrogens (tertiary/aromatic N) is 1. The van der Waals surface area contributed by atoms with E-state index in [1.807, 2.05) is 13.8 Å². The normalized spacial score (nSPS) is 11.3. The number of carbonyl (C=O) groups excluding carboxylic acids is 1. The van der Waals surface area contributed by atoms with Gasteiger partial charge >= 0.3 is 5.97 Å². The molecule has 0 aliphatic carbocycles. The molecule has 0 N–H and O–H groups in total. The molecule has 94 valence electrons. The number of halogens is 1. The van der Waals surface area contributed by atoms with E-state index in [4.69, 9.17) is 9.47 Å². The second kappa shape index (κ2) is 6.12. The number of rotatable bonds is 5. The fourth-order valence-electron chi connectivity index (χ4n) is 1.09. The summed E-state index contributed by atoms with van der Waals surface area (Å²) in [7, 11) is 1.64. The van der Waals surface area contributed by atoms with Crippen LogP contribution in [0, 0.1) is 0 Å². The molecule has 0 amide bonds. The number of carbonyl (C=O) groups is 1. The van der Waals surface area contributed by atoms with Crippen molar-refractivity contribution in [3.8, 4) is 0 Å². The van der Waals surface area contributed by atoms with Gasteiger partial charge in [0.1, 0.15) is 10.3 Å². The van der Waals surface area contributed by atoms with Crippen molar-refractivity contribution in [2.45, 2.75) is 25.9 Å². The fraction of sp³-hybridized carbons (Fsp3) is 0.500. The number of hydrogen-bond acceptors (Lipinski definition) is 4. The maximum Gasteiger partial charge on any atom is 0.356 e. The number of aromatic nitrogens is 1. The molecule has 0 unspecified atom stereocenters.